The van der Waals surface area contributed by atoms with E-state index in [2.05, 4.69) is 5.32 Å². The van der Waals surface area contributed by atoms with Crippen LogP contribution in [0.1, 0.15) is 15.9 Å². The van der Waals surface area contributed by atoms with Gasteiger partial charge in [-0.3, -0.25) is 4.79 Å². The molecule has 0 saturated heterocycles. The van der Waals surface area contributed by atoms with E-state index in [1.165, 1.54) is 12.1 Å². The van der Waals surface area contributed by atoms with E-state index in [4.69, 9.17) is 11.6 Å². The van der Waals surface area contributed by atoms with Crippen LogP contribution >= 0.6 is 11.6 Å². The molecule has 2 nitrogen and oxygen atoms in total. The number of rotatable bonds is 3. The first kappa shape index (κ1) is 13.5. The number of hydrogen-bond acceptors (Lipinski definition) is 1. The molecule has 0 fully saturated rings. The molecule has 0 aliphatic heterocycles. The maximum atomic E-state index is 13.0. The van der Waals surface area contributed by atoms with E-state index in [1.54, 1.807) is 24.3 Å². The Morgan fingerprint density at radius 2 is 1.63 bits per heavy atom. The van der Waals surface area contributed by atoms with Gasteiger partial charge < -0.3 is 5.32 Å². The van der Waals surface area contributed by atoms with Crippen molar-refractivity contribution in [2.45, 2.75) is 6.54 Å². The molecule has 2 aromatic carbocycles. The molecule has 0 aliphatic carbocycles. The highest BCUT2D eigenvalue weighted by Crippen LogP contribution is 2.10. The monoisotopic (exact) mass is 281 g/mol. The molecule has 98 valence electrons. The number of benzene rings is 2. The van der Waals surface area contributed by atoms with Gasteiger partial charge in [0, 0.05) is 23.2 Å². The summed E-state index contributed by atoms with van der Waals surface area (Å²) in [7, 11) is 0. The third kappa shape index (κ3) is 3.76. The summed E-state index contributed by atoms with van der Waals surface area (Å²) in [6.45, 7) is 0.0517. The lowest BCUT2D eigenvalue weighted by Gasteiger charge is -2.06. The SMILES string of the molecule is O=C(NCc1cc(F)cc(F)c1)c1ccc(Cl)cc1. The average Bonchev–Trinajstić information content (AvgIpc) is 2.36. The molecule has 2 rings (SSSR count). The third-order valence-corrected chi connectivity index (χ3v) is 2.73. The summed E-state index contributed by atoms with van der Waals surface area (Å²) in [5.74, 6) is -1.67. The van der Waals surface area contributed by atoms with Crippen molar-refractivity contribution < 1.29 is 13.6 Å². The summed E-state index contributed by atoms with van der Waals surface area (Å²) in [4.78, 5) is 11.8. The van der Waals surface area contributed by atoms with Crippen molar-refractivity contribution in [1.82, 2.24) is 5.32 Å². The lowest BCUT2D eigenvalue weighted by molar-refractivity contribution is 0.0951. The van der Waals surface area contributed by atoms with Gasteiger partial charge in [-0.1, -0.05) is 11.6 Å². The highest BCUT2D eigenvalue weighted by molar-refractivity contribution is 6.30. The second-order valence-electron chi connectivity index (χ2n) is 3.97. The molecule has 0 spiro atoms. The summed E-state index contributed by atoms with van der Waals surface area (Å²) in [6, 6.07) is 9.46. The number of halogens is 3. The second-order valence-corrected chi connectivity index (χ2v) is 4.40. The lowest BCUT2D eigenvalue weighted by Crippen LogP contribution is -2.22. The van der Waals surface area contributed by atoms with E-state index in [9.17, 15) is 13.6 Å². The van der Waals surface area contributed by atoms with Gasteiger partial charge in [-0.05, 0) is 42.0 Å². The third-order valence-electron chi connectivity index (χ3n) is 2.48. The van der Waals surface area contributed by atoms with E-state index >= 15 is 0 Å². The zero-order chi connectivity index (χ0) is 13.8. The van der Waals surface area contributed by atoms with Gasteiger partial charge in [0.15, 0.2) is 0 Å². The molecule has 0 saturated carbocycles. The standard InChI is InChI=1S/C14H10ClF2NO/c15-11-3-1-10(2-4-11)14(19)18-8-9-5-12(16)7-13(17)6-9/h1-7H,8H2,(H,18,19). The summed E-state index contributed by atoms with van der Waals surface area (Å²) in [6.07, 6.45) is 0. The Balaban J connectivity index is 2.02. The number of amides is 1. The van der Waals surface area contributed by atoms with Gasteiger partial charge in [-0.25, -0.2) is 8.78 Å². The summed E-state index contributed by atoms with van der Waals surface area (Å²) in [5, 5.41) is 3.11. The predicted octanol–water partition coefficient (Wildman–Crippen LogP) is 3.55. The van der Waals surface area contributed by atoms with Crippen molar-refractivity contribution in [3.63, 3.8) is 0 Å². The molecule has 2 aromatic rings. The van der Waals surface area contributed by atoms with Crippen LogP contribution in [-0.2, 0) is 6.54 Å². The Hall–Kier alpha value is -1.94. The first-order chi connectivity index (χ1) is 9.04. The fourth-order valence-corrected chi connectivity index (χ4v) is 1.72. The van der Waals surface area contributed by atoms with Crippen molar-refractivity contribution >= 4 is 17.5 Å². The van der Waals surface area contributed by atoms with E-state index in [1.807, 2.05) is 0 Å². The zero-order valence-electron chi connectivity index (χ0n) is 9.79. The van der Waals surface area contributed by atoms with Crippen LogP contribution in [0.2, 0.25) is 5.02 Å². The van der Waals surface area contributed by atoms with Gasteiger partial charge in [0.1, 0.15) is 11.6 Å². The molecule has 0 aromatic heterocycles. The van der Waals surface area contributed by atoms with Crippen molar-refractivity contribution in [3.8, 4) is 0 Å². The van der Waals surface area contributed by atoms with Crippen LogP contribution in [0.3, 0.4) is 0 Å². The molecule has 0 aliphatic rings. The zero-order valence-corrected chi connectivity index (χ0v) is 10.5. The number of nitrogens with one attached hydrogen (secondary N) is 1. The Kier molecular flexibility index (Phi) is 4.12. The van der Waals surface area contributed by atoms with Crippen LogP contribution in [0.25, 0.3) is 0 Å². The molecule has 0 bridgehead atoms. The number of carbonyl (C=O) groups excluding carboxylic acids is 1. The van der Waals surface area contributed by atoms with Crippen LogP contribution in [0.4, 0.5) is 8.78 Å². The smallest absolute Gasteiger partial charge is 0.251 e. The molecular formula is C14H10ClF2NO. The van der Waals surface area contributed by atoms with Crippen molar-refractivity contribution in [2.75, 3.05) is 0 Å². The van der Waals surface area contributed by atoms with E-state index in [-0.39, 0.29) is 12.5 Å². The van der Waals surface area contributed by atoms with Gasteiger partial charge in [-0.2, -0.15) is 0 Å². The summed E-state index contributed by atoms with van der Waals surface area (Å²) in [5.41, 5.74) is 0.793. The molecule has 0 radical (unpaired) electrons. The fourth-order valence-electron chi connectivity index (χ4n) is 1.60. The predicted molar refractivity (Wildman–Crippen MR) is 69.0 cm³/mol. The minimum absolute atomic E-state index is 0.0517. The van der Waals surface area contributed by atoms with Crippen molar-refractivity contribution in [2.24, 2.45) is 0 Å². The van der Waals surface area contributed by atoms with Gasteiger partial charge in [-0.15, -0.1) is 0 Å². The largest absolute Gasteiger partial charge is 0.348 e. The van der Waals surface area contributed by atoms with Crippen LogP contribution in [0, 0.1) is 11.6 Å². The molecule has 1 N–H and O–H groups in total. The first-order valence-electron chi connectivity index (χ1n) is 5.53. The normalized spacial score (nSPS) is 10.3. The highest BCUT2D eigenvalue weighted by atomic mass is 35.5. The molecule has 0 heterocycles. The molecule has 5 heteroatoms. The second kappa shape index (κ2) is 5.80. The molecule has 0 unspecified atom stereocenters. The van der Waals surface area contributed by atoms with Gasteiger partial charge in [0.2, 0.25) is 0 Å². The van der Waals surface area contributed by atoms with Crippen molar-refractivity contribution in [3.05, 3.63) is 70.2 Å². The average molecular weight is 282 g/mol. The number of carbonyl (C=O) groups is 1. The van der Waals surface area contributed by atoms with E-state index in [0.717, 1.165) is 6.07 Å². The van der Waals surface area contributed by atoms with E-state index in [0.29, 0.717) is 16.1 Å². The lowest BCUT2D eigenvalue weighted by atomic mass is 10.2. The maximum absolute atomic E-state index is 13.0. The Morgan fingerprint density at radius 3 is 2.21 bits per heavy atom. The summed E-state index contributed by atoms with van der Waals surface area (Å²) >= 11 is 5.71. The van der Waals surface area contributed by atoms with Gasteiger partial charge in [0.05, 0.1) is 0 Å². The fraction of sp³-hybridized carbons (Fsp3) is 0.0714. The van der Waals surface area contributed by atoms with Crippen LogP contribution in [-0.4, -0.2) is 5.91 Å². The molecule has 1 amide bonds. The Bertz CT molecular complexity index is 579. The minimum Gasteiger partial charge on any atom is -0.348 e. The topological polar surface area (TPSA) is 29.1 Å². The van der Waals surface area contributed by atoms with Gasteiger partial charge in [0.25, 0.3) is 5.91 Å². The van der Waals surface area contributed by atoms with Crippen LogP contribution in [0.5, 0.6) is 0 Å². The summed E-state index contributed by atoms with van der Waals surface area (Å²) < 4.78 is 25.9. The first-order valence-corrected chi connectivity index (χ1v) is 5.91. The molecule has 19 heavy (non-hydrogen) atoms. The van der Waals surface area contributed by atoms with Crippen LogP contribution < -0.4 is 5.32 Å². The van der Waals surface area contributed by atoms with Crippen molar-refractivity contribution in [1.29, 1.82) is 0 Å². The van der Waals surface area contributed by atoms with E-state index < -0.39 is 11.6 Å². The Morgan fingerprint density at radius 1 is 1.05 bits per heavy atom. The van der Waals surface area contributed by atoms with Crippen LogP contribution in [0.15, 0.2) is 42.5 Å². The highest BCUT2D eigenvalue weighted by Gasteiger charge is 2.06. The Labute approximate surface area is 114 Å². The maximum Gasteiger partial charge on any atom is 0.251 e. The minimum atomic E-state index is -0.671. The number of hydrogen-bond donors (Lipinski definition) is 1. The molecular weight excluding hydrogens is 272 g/mol. The molecule has 0 atom stereocenters. The van der Waals surface area contributed by atoms with Gasteiger partial charge >= 0.3 is 0 Å². The quantitative estimate of drug-likeness (QED) is 0.916.